The number of quaternary nitrogens is 3. The number of rotatable bonds is 33. The van der Waals surface area contributed by atoms with Crippen molar-refractivity contribution >= 4 is 43.1 Å². The van der Waals surface area contributed by atoms with Crippen molar-refractivity contribution in [1.29, 1.82) is 0 Å². The number of hydrogen-bond acceptors (Lipinski definition) is 32. The Bertz CT molecular complexity index is 4190. The maximum Gasteiger partial charge on any atom is 0.337 e. The Kier molecular flexibility index (Phi) is 38.2. The molecule has 0 aliphatic carbocycles. The summed E-state index contributed by atoms with van der Waals surface area (Å²) in [5.74, 6) is -2.65. The third kappa shape index (κ3) is 30.3. The van der Waals surface area contributed by atoms with Crippen molar-refractivity contribution in [2.24, 2.45) is 10.2 Å². The maximum atomic E-state index is 14.7. The average Bonchev–Trinajstić information content (AvgIpc) is 0.742. The normalized spacial score (nSPS) is 28.7. The highest BCUT2D eigenvalue weighted by Gasteiger charge is 2.61. The van der Waals surface area contributed by atoms with E-state index in [-0.39, 0.29) is 13.2 Å². The molecule has 634 valence electrons. The largest absolute Gasteiger partial charge is 0.726 e. The van der Waals surface area contributed by atoms with Crippen molar-refractivity contribution in [2.75, 3.05) is 97.5 Å². The molecule has 5 aliphatic rings. The Morgan fingerprint density at radius 1 is 0.470 bits per heavy atom. The van der Waals surface area contributed by atoms with Crippen molar-refractivity contribution in [3.63, 3.8) is 0 Å². The van der Waals surface area contributed by atoms with Crippen molar-refractivity contribution in [1.82, 2.24) is 0 Å². The van der Waals surface area contributed by atoms with E-state index in [0.29, 0.717) is 27.8 Å². The summed E-state index contributed by atoms with van der Waals surface area (Å²) in [5.41, 5.74) is 23.2. The molecule has 0 aromatic heterocycles. The second kappa shape index (κ2) is 46.5. The summed E-state index contributed by atoms with van der Waals surface area (Å²) in [6.45, 7) is -0.257. The lowest BCUT2D eigenvalue weighted by Gasteiger charge is -2.52. The molecule has 5 saturated heterocycles. The van der Waals surface area contributed by atoms with Crippen molar-refractivity contribution in [2.45, 2.75) is 155 Å². The second-order valence-corrected chi connectivity index (χ2v) is 30.7. The van der Waals surface area contributed by atoms with Gasteiger partial charge in [0, 0.05) is 15.4 Å². The SMILES string of the molecule is C=CCO[C@@H]1O[C@@H](C(=O)OC)[C@@H](O[C@H]2O[C@H](COS(=O)(=O)[O-])[C@@H](O[C@@H]3O[C@@H](C(=O)OC)[C@@H](O[C@H]4O[C@@H]5CO[C@@H](c6ccccc6)O[C@H]5[C@H](OCc5ccccc5)[C@H]4N=[N+]=[N-])[C@H](OCc4ccccc4)[C@H]3OS(=O)(=O)[O-])[C@H](OCc3ccccc3)[C@H]2N=[N+]=[N-])[C@H](OCc2ccccc2)[C@H]1OS(=O)(=O)[O-].C[NH+](C)C.C[NH+](C)C.C[NH+](C)C. The lowest BCUT2D eigenvalue weighted by molar-refractivity contribution is -0.836. The van der Waals surface area contributed by atoms with Gasteiger partial charge >= 0.3 is 11.9 Å². The fourth-order valence-electron chi connectivity index (χ4n) is 12.0. The van der Waals surface area contributed by atoms with E-state index in [1.807, 2.05) is 0 Å². The smallest absolute Gasteiger partial charge is 0.337 e. The summed E-state index contributed by atoms with van der Waals surface area (Å²) in [7, 11) is 2.88. The van der Waals surface area contributed by atoms with Gasteiger partial charge in [0.25, 0.3) is 0 Å². The van der Waals surface area contributed by atoms with Gasteiger partial charge in [0.2, 0.25) is 31.2 Å². The number of nitrogens with one attached hydrogen (secondary N) is 3. The first kappa shape index (κ1) is 94.5. The van der Waals surface area contributed by atoms with Crippen LogP contribution in [0.3, 0.4) is 0 Å². The highest BCUT2D eigenvalue weighted by molar-refractivity contribution is 7.81. The average molecular weight is 1680 g/mol. The minimum atomic E-state index is -6.08. The van der Waals surface area contributed by atoms with Gasteiger partial charge in [-0.15, -0.1) is 6.58 Å². The van der Waals surface area contributed by atoms with Crippen LogP contribution in [0, 0.1) is 0 Å². The Labute approximate surface area is 667 Å². The first-order valence-electron chi connectivity index (χ1n) is 35.9. The Morgan fingerprint density at radius 2 is 0.835 bits per heavy atom. The number of carbonyl (C=O) groups excluding carboxylic acids is 2. The molecule has 0 amide bonds. The zero-order valence-corrected chi connectivity index (χ0v) is 67.4. The van der Waals surface area contributed by atoms with Crippen LogP contribution in [-0.4, -0.2) is 271 Å². The molecule has 0 saturated carbocycles. The van der Waals surface area contributed by atoms with E-state index in [2.05, 4.69) is 90.1 Å². The van der Waals surface area contributed by atoms with Gasteiger partial charge in [-0.1, -0.05) is 168 Å². The van der Waals surface area contributed by atoms with Crippen molar-refractivity contribution in [3.8, 4) is 0 Å². The number of hydrogen-bond donors (Lipinski definition) is 3. The highest BCUT2D eigenvalue weighted by atomic mass is 32.3. The van der Waals surface area contributed by atoms with Gasteiger partial charge in [0.1, 0.15) is 73.1 Å². The number of benzene rings is 5. The molecule has 0 radical (unpaired) electrons. The lowest BCUT2D eigenvalue weighted by atomic mass is 9.93. The molecule has 42 heteroatoms. The Morgan fingerprint density at radius 3 is 1.23 bits per heavy atom. The van der Waals surface area contributed by atoms with Gasteiger partial charge < -0.3 is 104 Å². The molecular formula is C73H99N9O30S3. The zero-order valence-electron chi connectivity index (χ0n) is 64.9. The van der Waals surface area contributed by atoms with Crippen molar-refractivity contribution < 1.29 is 152 Å². The molecular weight excluding hydrogens is 1580 g/mol. The molecule has 5 aromatic rings. The van der Waals surface area contributed by atoms with E-state index in [9.17, 15) is 59.6 Å². The number of methoxy groups -OCH3 is 2. The van der Waals surface area contributed by atoms with E-state index >= 15 is 0 Å². The minimum Gasteiger partial charge on any atom is -0.726 e. The van der Waals surface area contributed by atoms with Crippen LogP contribution in [0.4, 0.5) is 0 Å². The number of ether oxygens (including phenoxy) is 16. The zero-order chi connectivity index (χ0) is 84.0. The molecule has 39 nitrogen and oxygen atoms in total. The molecule has 3 N–H and O–H groups in total. The molecule has 0 spiro atoms. The summed E-state index contributed by atoms with van der Waals surface area (Å²) < 4.78 is 231. The van der Waals surface area contributed by atoms with Gasteiger partial charge in [-0.05, 0) is 33.3 Å². The fourth-order valence-corrected chi connectivity index (χ4v) is 13.2. The van der Waals surface area contributed by atoms with E-state index in [0.717, 1.165) is 14.2 Å². The third-order valence-corrected chi connectivity index (χ3v) is 17.8. The summed E-state index contributed by atoms with van der Waals surface area (Å²) >= 11 is 0. The molecule has 21 atom stereocenters. The predicted octanol–water partition coefficient (Wildman–Crippen LogP) is 0.854. The minimum absolute atomic E-state index is 0.125. The second-order valence-electron chi connectivity index (χ2n) is 27.6. The highest BCUT2D eigenvalue weighted by Crippen LogP contribution is 2.43. The quantitative estimate of drug-likeness (QED) is 0.00997. The van der Waals surface area contributed by atoms with Gasteiger partial charge in [-0.25, -0.2) is 34.8 Å². The lowest BCUT2D eigenvalue weighted by Crippen LogP contribution is -3.02. The molecule has 5 heterocycles. The molecule has 115 heavy (non-hydrogen) atoms. The maximum absolute atomic E-state index is 14.7. The van der Waals surface area contributed by atoms with Gasteiger partial charge in [-0.3, -0.25) is 12.5 Å². The van der Waals surface area contributed by atoms with E-state index < -0.39 is 205 Å². The third-order valence-electron chi connectivity index (χ3n) is 16.4. The number of nitrogens with zero attached hydrogens (tertiary/aromatic N) is 6. The van der Waals surface area contributed by atoms with Crippen LogP contribution in [0.2, 0.25) is 0 Å². The number of fused-ring (bicyclic) bond motifs is 1. The van der Waals surface area contributed by atoms with Crippen LogP contribution in [-0.2, 0) is 156 Å². The van der Waals surface area contributed by atoms with Gasteiger partial charge in [0.15, 0.2) is 55.9 Å². The van der Waals surface area contributed by atoms with Crippen LogP contribution in [0.15, 0.2) is 175 Å². The van der Waals surface area contributed by atoms with Crippen molar-refractivity contribution in [3.05, 3.63) is 213 Å². The molecule has 10 rings (SSSR count). The summed E-state index contributed by atoms with van der Waals surface area (Å²) in [4.78, 5) is 39.1. The van der Waals surface area contributed by atoms with Crippen LogP contribution >= 0.6 is 0 Å². The Balaban J connectivity index is 0.00000142. The monoisotopic (exact) mass is 1680 g/mol. The summed E-state index contributed by atoms with van der Waals surface area (Å²) in [6, 6.07) is 37.8. The number of carbonyl (C=O) groups is 2. The first-order chi connectivity index (χ1) is 54.7. The molecule has 5 fully saturated rings. The fraction of sp³-hybridized carbons (Fsp3) is 0.534. The van der Waals surface area contributed by atoms with E-state index in [1.54, 1.807) is 152 Å². The number of azide groups is 2. The topological polar surface area (TPSA) is 492 Å². The Hall–Kier alpha value is -7.67. The molecule has 5 aromatic carbocycles. The first-order valence-corrected chi connectivity index (χ1v) is 39.9. The van der Waals surface area contributed by atoms with Crippen LogP contribution in [0.1, 0.15) is 34.1 Å². The van der Waals surface area contributed by atoms with Crippen LogP contribution < -0.4 is 14.7 Å². The summed E-state index contributed by atoms with van der Waals surface area (Å²) in [6.07, 6.45) is -36.4. The predicted molar refractivity (Wildman–Crippen MR) is 396 cm³/mol. The van der Waals surface area contributed by atoms with E-state index in [1.165, 1.54) is 20.8 Å². The van der Waals surface area contributed by atoms with Crippen LogP contribution in [0.5, 0.6) is 0 Å². The molecule has 0 unspecified atom stereocenters. The standard InChI is InChI=1S/C64H72N6O30S3.3C3H9N/c1-4-30-84-63-56(99-102(76,77)78)50(87-33-39-24-14-7-15-25-39)52(54(97-63)58(71)82-2)95-62-45(68-70-66)49(86-32-38-22-12-6-13-23-38)47(43(92-62)36-90-101(73,74)75)94-64-57(100-103(79,80)81)51(88-34-40-26-16-8-17-27-40)53(55(98-64)59(72)83-3)96-61-44(67-69-65)48(85-31-37-20-10-5-11-21-37)46-42(91-61)35-89-60(93-46)41-28-18-9-19-29-41;3*1-4(2)3/h4-29,42-57,60-64H,1,30-36H2,2-3H3,(H,73,74,75)(H,76,77,78)(H,79,80,81);3*1-3H3/t42-,43-,44-,45-,46-,47-,48-,49-,50+,51+,52+,53+,54-,55-,56-,57-,60-,61-,62-,63-,64-;;;/m1.../s1. The van der Waals surface area contributed by atoms with Crippen LogP contribution in [0.25, 0.3) is 20.9 Å². The van der Waals surface area contributed by atoms with Gasteiger partial charge in [0.05, 0.1) is 124 Å². The number of esters is 2. The van der Waals surface area contributed by atoms with Gasteiger partial charge in [-0.2, -0.15) is 0 Å². The molecule has 0 bridgehead atoms. The van der Waals surface area contributed by atoms with E-state index in [4.69, 9.17) is 88.3 Å². The molecule has 5 aliphatic heterocycles. The summed E-state index contributed by atoms with van der Waals surface area (Å²) in [5, 5.41) is 8.00.